The number of hydrogen-bond acceptors (Lipinski definition) is 3. The van der Waals surface area contributed by atoms with Gasteiger partial charge in [0.15, 0.2) is 0 Å². The largest absolute Gasteiger partial charge is 0.478 e. The molecule has 130 valence electrons. The third kappa shape index (κ3) is 10.1. The molecule has 2 aromatic rings. The van der Waals surface area contributed by atoms with Crippen molar-refractivity contribution in [1.82, 2.24) is 0 Å². The van der Waals surface area contributed by atoms with Gasteiger partial charge in [0, 0.05) is 21.4 Å². The second-order valence-electron chi connectivity index (χ2n) is 3.72. The van der Waals surface area contributed by atoms with Crippen molar-refractivity contribution < 1.29 is 18.9 Å². The Morgan fingerprint density at radius 1 is 0.833 bits per heavy atom. The van der Waals surface area contributed by atoms with E-state index in [9.17, 15) is 9.59 Å². The van der Waals surface area contributed by atoms with Crippen LogP contribution in [0.4, 0.5) is 0 Å². The van der Waals surface area contributed by atoms with Gasteiger partial charge in [-0.1, -0.05) is 47.5 Å². The number of carboxylic acid groups (broad SMARTS) is 1. The van der Waals surface area contributed by atoms with E-state index in [1.165, 1.54) is 6.07 Å². The molecule has 24 heavy (non-hydrogen) atoms. The first-order valence-corrected chi connectivity index (χ1v) is 9.76. The van der Waals surface area contributed by atoms with Crippen LogP contribution in [-0.2, 0) is 9.23 Å². The minimum absolute atomic E-state index is 0.143. The lowest BCUT2D eigenvalue weighted by Crippen LogP contribution is -1.95. The molecule has 0 radical (unpaired) electrons. The van der Waals surface area contributed by atoms with E-state index in [1.807, 2.05) is 0 Å². The highest BCUT2D eigenvalue weighted by atomic mass is 36.0. The molecule has 0 aliphatic carbocycles. The summed E-state index contributed by atoms with van der Waals surface area (Å²) in [4.78, 5) is 20.9. The Labute approximate surface area is 164 Å². The van der Waals surface area contributed by atoms with Crippen molar-refractivity contribution in [1.29, 1.82) is 0 Å². The summed E-state index contributed by atoms with van der Waals surface area (Å²) >= 11 is 16.3. The first-order chi connectivity index (χ1) is 11.2. The number of carbonyl (C=O) groups excluding carboxylic acids is 1. The van der Waals surface area contributed by atoms with Gasteiger partial charge in [-0.05, 0) is 35.9 Å². The van der Waals surface area contributed by atoms with E-state index >= 15 is 0 Å². The van der Waals surface area contributed by atoms with Crippen molar-refractivity contribution in [2.24, 2.45) is 0 Å². The van der Waals surface area contributed by atoms with Crippen molar-refractivity contribution in [3.63, 3.8) is 0 Å². The van der Waals surface area contributed by atoms with Gasteiger partial charge in [-0.25, -0.2) is 9.00 Å². The molecule has 10 heteroatoms. The van der Waals surface area contributed by atoms with E-state index < -0.39 is 20.4 Å². The van der Waals surface area contributed by atoms with Gasteiger partial charge in [0.25, 0.3) is 5.24 Å². The third-order valence-corrected chi connectivity index (χ3v) is 3.05. The summed E-state index contributed by atoms with van der Waals surface area (Å²) in [5, 5.41) is 8.62. The van der Waals surface area contributed by atoms with Crippen LogP contribution in [0.2, 0.25) is 10.0 Å². The molecule has 0 saturated carbocycles. The average molecular weight is 451 g/mol. The molecule has 0 aliphatic rings. The molecular formula is C14H9Cl5O4S. The molecular weight excluding hydrogens is 441 g/mol. The van der Waals surface area contributed by atoms with Gasteiger partial charge in [0.2, 0.25) is 9.23 Å². The molecule has 2 aromatic carbocycles. The van der Waals surface area contributed by atoms with Crippen molar-refractivity contribution in [3.05, 3.63) is 69.7 Å². The molecule has 0 spiro atoms. The molecule has 2 rings (SSSR count). The summed E-state index contributed by atoms with van der Waals surface area (Å²) in [6.45, 7) is 0. The fourth-order valence-electron chi connectivity index (χ4n) is 1.26. The van der Waals surface area contributed by atoms with Crippen LogP contribution in [0.15, 0.2) is 48.5 Å². The second kappa shape index (κ2) is 12.5. The average Bonchev–Trinajstić information content (AvgIpc) is 2.47. The molecule has 0 heterocycles. The van der Waals surface area contributed by atoms with Crippen molar-refractivity contribution in [3.8, 4) is 0 Å². The van der Waals surface area contributed by atoms with Crippen molar-refractivity contribution >= 4 is 76.6 Å². The smallest absolute Gasteiger partial charge is 0.337 e. The minimum Gasteiger partial charge on any atom is -0.478 e. The van der Waals surface area contributed by atoms with Gasteiger partial charge < -0.3 is 5.11 Å². The van der Waals surface area contributed by atoms with Crippen LogP contribution >= 0.6 is 56.2 Å². The normalized spacial score (nSPS) is 9.25. The second-order valence-corrected chi connectivity index (χ2v) is 7.40. The number of aromatic carboxylic acids is 1. The highest BCUT2D eigenvalue weighted by Gasteiger charge is 2.05. The molecule has 0 amide bonds. The highest BCUT2D eigenvalue weighted by Crippen LogP contribution is 2.16. The van der Waals surface area contributed by atoms with E-state index in [-0.39, 0.29) is 10.6 Å². The van der Waals surface area contributed by atoms with E-state index in [1.54, 1.807) is 42.5 Å². The Balaban J connectivity index is 0.000000363. The Morgan fingerprint density at radius 2 is 1.17 bits per heavy atom. The van der Waals surface area contributed by atoms with Gasteiger partial charge in [0.05, 0.1) is 21.2 Å². The van der Waals surface area contributed by atoms with E-state index in [0.717, 1.165) is 0 Å². The summed E-state index contributed by atoms with van der Waals surface area (Å²) in [5.41, 5.74) is 0.495. The quantitative estimate of drug-likeness (QED) is 0.587. The number of carbonyl (C=O) groups is 2. The summed E-state index contributed by atoms with van der Waals surface area (Å²) in [5.74, 6) is -0.995. The molecule has 0 aromatic heterocycles. The van der Waals surface area contributed by atoms with Crippen molar-refractivity contribution in [2.45, 2.75) is 0 Å². The minimum atomic E-state index is -1.67. The Hall–Kier alpha value is -0.820. The standard InChI is InChI=1S/C7H4Cl2O.C7H5ClO2.Cl2OS/c2*8-6-4-2-1-3-5(6)7(9)10;1-4(2)3/h1-4H;1-4H,(H,9,10);. The monoisotopic (exact) mass is 448 g/mol. The number of carboxylic acids is 1. The van der Waals surface area contributed by atoms with Gasteiger partial charge >= 0.3 is 5.97 Å². The Bertz CT molecular complexity index is 664. The zero-order valence-corrected chi connectivity index (χ0v) is 16.2. The van der Waals surface area contributed by atoms with Gasteiger partial charge in [-0.3, -0.25) is 4.79 Å². The highest BCUT2D eigenvalue weighted by molar-refractivity contribution is 8.26. The van der Waals surface area contributed by atoms with E-state index in [2.05, 4.69) is 21.4 Å². The number of hydrogen-bond donors (Lipinski definition) is 1. The number of halogens is 5. The lowest BCUT2D eigenvalue weighted by molar-refractivity contribution is 0.0697. The topological polar surface area (TPSA) is 71.4 Å². The van der Waals surface area contributed by atoms with E-state index in [4.69, 9.17) is 44.1 Å². The van der Waals surface area contributed by atoms with Crippen molar-refractivity contribution in [2.75, 3.05) is 0 Å². The fraction of sp³-hybridized carbons (Fsp3) is 0. The Kier molecular flexibility index (Phi) is 12.1. The molecule has 0 unspecified atom stereocenters. The van der Waals surface area contributed by atoms with E-state index in [0.29, 0.717) is 10.6 Å². The first-order valence-electron chi connectivity index (χ1n) is 5.83. The van der Waals surface area contributed by atoms with Crippen LogP contribution < -0.4 is 0 Å². The molecule has 0 atom stereocenters. The molecule has 1 N–H and O–H groups in total. The van der Waals surface area contributed by atoms with Crippen LogP contribution in [-0.4, -0.2) is 20.5 Å². The fourth-order valence-corrected chi connectivity index (χ4v) is 1.91. The molecule has 0 bridgehead atoms. The summed E-state index contributed by atoms with van der Waals surface area (Å²) in [6, 6.07) is 13.0. The lowest BCUT2D eigenvalue weighted by atomic mass is 10.2. The summed E-state index contributed by atoms with van der Waals surface area (Å²) < 4.78 is 9.09. The van der Waals surface area contributed by atoms with Crippen LogP contribution in [0, 0.1) is 0 Å². The zero-order chi connectivity index (χ0) is 18.7. The van der Waals surface area contributed by atoms with Crippen LogP contribution in [0.5, 0.6) is 0 Å². The molecule has 0 aliphatic heterocycles. The van der Waals surface area contributed by atoms with Gasteiger partial charge in [-0.15, -0.1) is 0 Å². The predicted molar refractivity (Wildman–Crippen MR) is 99.9 cm³/mol. The van der Waals surface area contributed by atoms with Crippen LogP contribution in [0.3, 0.4) is 0 Å². The zero-order valence-electron chi connectivity index (χ0n) is 11.6. The maximum Gasteiger partial charge on any atom is 0.337 e. The third-order valence-electron chi connectivity index (χ3n) is 2.19. The molecule has 0 fully saturated rings. The number of benzene rings is 2. The predicted octanol–water partition coefficient (Wildman–Crippen LogP) is 5.80. The maximum absolute atomic E-state index is 10.5. The molecule has 0 saturated heterocycles. The summed E-state index contributed by atoms with van der Waals surface area (Å²) in [6.07, 6.45) is 0. The molecule has 4 nitrogen and oxygen atoms in total. The van der Waals surface area contributed by atoms with Crippen LogP contribution in [0.25, 0.3) is 0 Å². The lowest BCUT2D eigenvalue weighted by Gasteiger charge is -1.94. The summed E-state index contributed by atoms with van der Waals surface area (Å²) in [7, 11) is 7.36. The maximum atomic E-state index is 10.5. The first kappa shape index (κ1) is 23.2. The van der Waals surface area contributed by atoms with Gasteiger partial charge in [0.1, 0.15) is 0 Å². The van der Waals surface area contributed by atoms with Gasteiger partial charge in [-0.2, -0.15) is 0 Å². The van der Waals surface area contributed by atoms with Crippen LogP contribution in [0.1, 0.15) is 20.7 Å². The Morgan fingerprint density at radius 3 is 1.38 bits per heavy atom. The number of rotatable bonds is 2. The SMILES string of the molecule is O=C(Cl)c1ccccc1Cl.O=C(O)c1ccccc1Cl.O=S(Cl)Cl.